The molecule has 0 amide bonds. The molecule has 0 spiro atoms. The van der Waals surface area contributed by atoms with Crippen LogP contribution in [0.1, 0.15) is 62.8 Å². The van der Waals surface area contributed by atoms with E-state index >= 15 is 0 Å². The molecule has 4 aliphatic rings. The van der Waals surface area contributed by atoms with Crippen LogP contribution in [0.25, 0.3) is 0 Å². The van der Waals surface area contributed by atoms with Crippen molar-refractivity contribution in [3.63, 3.8) is 0 Å². The van der Waals surface area contributed by atoms with Crippen molar-refractivity contribution in [3.05, 3.63) is 181 Å². The molecule has 0 unspecified atom stereocenters. The van der Waals surface area contributed by atoms with Crippen molar-refractivity contribution in [1.29, 1.82) is 0 Å². The number of halogens is 6. The average Bonchev–Trinajstić information content (AvgIpc) is 3.30. The molecular formula is C51H49BrClI4NO18. The lowest BCUT2D eigenvalue weighted by atomic mass is 10.3. The molecule has 0 bridgehead atoms. The Balaban J connectivity index is 0.000000218. The third-order valence-corrected chi connectivity index (χ3v) is 20.7. The summed E-state index contributed by atoms with van der Waals surface area (Å²) in [7, 11) is 1.58. The second-order valence-corrected chi connectivity index (χ2v) is 29.6. The fourth-order valence-electron chi connectivity index (χ4n) is 5.67. The summed E-state index contributed by atoms with van der Waals surface area (Å²) in [6.45, 7) is 16.2. The molecule has 0 saturated carbocycles. The van der Waals surface area contributed by atoms with E-state index < -0.39 is 155 Å². The van der Waals surface area contributed by atoms with E-state index in [0.717, 1.165) is 24.5 Å². The zero-order valence-corrected chi connectivity index (χ0v) is 52.0. The first-order valence-corrected chi connectivity index (χ1v) is 31.2. The number of methoxy groups -OCH3 is 1. The molecule has 0 fully saturated rings. The van der Waals surface area contributed by atoms with Crippen molar-refractivity contribution < 1.29 is 167 Å². The number of carbonyl (C=O) groups excluding carboxylic acids is 3. The number of ether oxygens (including phenoxy) is 9. The third-order valence-electron chi connectivity index (χ3n) is 8.75. The molecular weight excluding hydrogens is 1540 g/mol. The Morgan fingerprint density at radius 2 is 0.789 bits per heavy atom. The lowest BCUT2D eigenvalue weighted by molar-refractivity contribution is -0.593. The van der Waals surface area contributed by atoms with Crippen LogP contribution in [-0.4, -0.2) is 53.1 Å². The largest absolute Gasteiger partial charge is 0.572 e. The van der Waals surface area contributed by atoms with Gasteiger partial charge in [-0.05, 0) is 140 Å². The highest BCUT2D eigenvalue weighted by atomic mass is 127. The maximum Gasteiger partial charge on any atom is 0.388 e. The number of nitro groups is 1. The highest BCUT2D eigenvalue weighted by molar-refractivity contribution is 9.10. The fourth-order valence-corrected chi connectivity index (χ4v) is 14.1. The minimum Gasteiger partial charge on any atom is -0.572 e. The van der Waals surface area contributed by atoms with Crippen molar-refractivity contribution in [2.24, 2.45) is 0 Å². The number of nitro benzene ring substituents is 1. The number of hydrogen-bond acceptors (Lipinski definition) is 18. The van der Waals surface area contributed by atoms with Crippen molar-refractivity contribution in [1.82, 2.24) is 0 Å². The topological polar surface area (TPSA) is 270 Å². The van der Waals surface area contributed by atoms with Crippen LogP contribution in [-0.2, 0) is 52.3 Å². The van der Waals surface area contributed by atoms with Gasteiger partial charge in [0, 0.05) is 21.6 Å². The summed E-state index contributed by atoms with van der Waals surface area (Å²) in [5, 5.41) is 58.4. The van der Waals surface area contributed by atoms with Gasteiger partial charge in [0.25, 0.3) is 20.0 Å². The van der Waals surface area contributed by atoms with Gasteiger partial charge >= 0.3 is 103 Å². The number of cyclic esters (lactones) is 3. The predicted octanol–water partition coefficient (Wildman–Crippen LogP) is -5.91. The summed E-state index contributed by atoms with van der Waals surface area (Å²) < 4.78 is 51.3. The number of carbonyl (C=O) groups is 3. The summed E-state index contributed by atoms with van der Waals surface area (Å²) >= 11 is 5.52. The van der Waals surface area contributed by atoms with E-state index in [1.807, 2.05) is 36.4 Å². The molecule has 0 radical (unpaired) electrons. The van der Waals surface area contributed by atoms with Crippen molar-refractivity contribution in [2.45, 2.75) is 86.0 Å². The van der Waals surface area contributed by atoms with Crippen molar-refractivity contribution in [2.75, 3.05) is 7.11 Å². The summed E-state index contributed by atoms with van der Waals surface area (Å²) in [6, 6.07) is 27.9. The molecule has 4 aromatic rings. The van der Waals surface area contributed by atoms with Gasteiger partial charge in [-0.25, -0.2) is 14.4 Å². The quantitative estimate of drug-likeness (QED) is 0.0470. The standard InChI is InChI=1S/C13H12INO5.C13H13IO5.C12H10BrIO4.C12H10ClIO4.CH4/c1-8-11(12(16)20-13(2,3)19-8)14-9-4-6-10(7-5-9)15(17)18;1-13(2)18-11(15)10(12(16)19-13)14-8-4-6-9(17-3)7-5-8;2*1-12(2)17-10(15)9(11(16)18-12)14-8-5-3-7(13)4-6-8;/h4-7H,1H2,2-3H3;4-7H,1-3H3;2*3-6H,1-2H3;1H4. The minimum absolute atomic E-state index is 0. The zero-order chi connectivity index (χ0) is 55.6. The molecule has 0 saturated heterocycles. The second kappa shape index (κ2) is 27.1. The highest BCUT2D eigenvalue weighted by Crippen LogP contribution is 2.26. The number of nitrogens with zero attached hydrogens (tertiary/aromatic N) is 1. The molecule has 4 aromatic carbocycles. The first-order chi connectivity index (χ1) is 34.9. The van der Waals surface area contributed by atoms with Gasteiger partial charge in [0.2, 0.25) is 0 Å². The molecule has 8 rings (SSSR count). The Labute approximate surface area is 493 Å². The van der Waals surface area contributed by atoms with Crippen LogP contribution in [0.5, 0.6) is 5.75 Å². The van der Waals surface area contributed by atoms with E-state index in [1.54, 1.807) is 69.5 Å². The molecule has 0 aromatic heterocycles. The Hall–Kier alpha value is -4.92. The zero-order valence-electron chi connectivity index (χ0n) is 41.0. The first kappa shape index (κ1) is 63.6. The van der Waals surface area contributed by atoms with Gasteiger partial charge in [0.05, 0.1) is 12.0 Å². The molecule has 4 heterocycles. The summed E-state index contributed by atoms with van der Waals surface area (Å²) in [5.41, 5.74) is 0.0187. The molecule has 19 nitrogen and oxygen atoms in total. The highest BCUT2D eigenvalue weighted by Gasteiger charge is 2.41. The number of allylic oxidation sites excluding steroid dienone is 1. The number of benzene rings is 4. The van der Waals surface area contributed by atoms with E-state index in [4.69, 9.17) is 54.2 Å². The molecule has 76 heavy (non-hydrogen) atoms. The monoisotopic (exact) mass is 1580 g/mol. The first-order valence-electron chi connectivity index (χ1n) is 21.4. The number of non-ortho nitro benzene ring substituents is 1. The number of rotatable bonds is 10. The van der Waals surface area contributed by atoms with Crippen molar-refractivity contribution >= 4 is 51.1 Å². The van der Waals surface area contributed by atoms with Gasteiger partial charge in [-0.3, -0.25) is 10.1 Å². The van der Waals surface area contributed by atoms with Crippen LogP contribution in [0.15, 0.2) is 152 Å². The molecule has 0 aliphatic carbocycles. The van der Waals surface area contributed by atoms with Gasteiger partial charge in [-0.1, -0.05) is 41.5 Å². The maximum atomic E-state index is 11.9. The number of hydrogen-bond donors (Lipinski definition) is 0. The summed E-state index contributed by atoms with van der Waals surface area (Å²) in [6.07, 6.45) is 0. The molecule has 25 heteroatoms. The van der Waals surface area contributed by atoms with E-state index in [0.29, 0.717) is 14.4 Å². The Bertz CT molecular complexity index is 2830. The Morgan fingerprint density at radius 1 is 0.500 bits per heavy atom. The van der Waals surface area contributed by atoms with E-state index in [-0.39, 0.29) is 23.9 Å². The molecule has 0 N–H and O–H groups in total. The van der Waals surface area contributed by atoms with Crippen LogP contribution >= 0.6 is 27.5 Å². The van der Waals surface area contributed by atoms with Crippen LogP contribution in [0.2, 0.25) is 5.02 Å². The summed E-state index contributed by atoms with van der Waals surface area (Å²) in [5.74, 6) is -7.37. The van der Waals surface area contributed by atoms with Gasteiger partial charge in [-0.2, -0.15) is 0 Å². The van der Waals surface area contributed by atoms with Gasteiger partial charge in [0.15, 0.2) is 43.2 Å². The van der Waals surface area contributed by atoms with Crippen LogP contribution in [0.4, 0.5) is 5.69 Å². The van der Waals surface area contributed by atoms with E-state index in [9.17, 15) is 44.9 Å². The Kier molecular flexibility index (Phi) is 22.7. The van der Waals surface area contributed by atoms with Gasteiger partial charge in [0.1, 0.15) is 29.5 Å². The molecule has 0 atom stereocenters. The SMILES string of the molecule is C.C=C1OC(C)(C)OC([O-])=C1[I+]c1ccc([N+](=O)[O-])cc1.CC1(C)OC(=O)C([I+]c2ccc(Br)cc2)=C([O-])O1.CC1(C)OC(=O)C([I+]c2ccc(Cl)cc2)=C([O-])O1.COc1ccc([I+]C2=C([O-])OC(C)(C)OC2=O)cc1. The molecule has 4 aliphatic heterocycles. The lowest BCUT2D eigenvalue weighted by Gasteiger charge is -2.38. The third kappa shape index (κ3) is 19.2. The second-order valence-electron chi connectivity index (χ2n) is 16.7. The van der Waals surface area contributed by atoms with E-state index in [2.05, 4.69) is 22.5 Å². The van der Waals surface area contributed by atoms with Gasteiger partial charge in [-0.15, -0.1) is 0 Å². The van der Waals surface area contributed by atoms with Crippen LogP contribution < -0.4 is 110 Å². The summed E-state index contributed by atoms with van der Waals surface area (Å²) in [4.78, 5) is 45.4. The Morgan fingerprint density at radius 3 is 1.11 bits per heavy atom. The predicted molar refractivity (Wildman–Crippen MR) is 250 cm³/mol. The molecule has 408 valence electrons. The lowest BCUT2D eigenvalue weighted by Crippen LogP contribution is -3.61. The van der Waals surface area contributed by atoms with E-state index in [1.165, 1.54) is 53.7 Å². The smallest absolute Gasteiger partial charge is 0.388 e. The van der Waals surface area contributed by atoms with Crippen LogP contribution in [0.3, 0.4) is 0 Å². The minimum atomic E-state index is -1.18. The van der Waals surface area contributed by atoms with Crippen LogP contribution in [0, 0.1) is 24.4 Å². The fraction of sp³-hybridized carbons (Fsp3) is 0.275. The average molecular weight is 1590 g/mol. The normalized spacial score (nSPS) is 17.7. The van der Waals surface area contributed by atoms with Crippen molar-refractivity contribution in [3.8, 4) is 5.75 Å². The van der Waals surface area contributed by atoms with Gasteiger partial charge < -0.3 is 63.1 Å². The number of esters is 3. The maximum absolute atomic E-state index is 11.9.